The Kier molecular flexibility index (Phi) is 6.63. The molecule has 1 N–H and O–H groups in total. The number of alkyl halides is 2. The molecule has 194 valence electrons. The maximum atomic E-state index is 17.3. The molecule has 35 heavy (non-hydrogen) atoms. The van der Waals surface area contributed by atoms with Crippen molar-refractivity contribution < 1.29 is 38.1 Å². The Morgan fingerprint density at radius 3 is 2.63 bits per heavy atom. The molecule has 4 aliphatic carbocycles. The molecule has 0 unspecified atom stereocenters. The number of aliphatic hydroxyl groups excluding tert-OH is 1. The highest BCUT2D eigenvalue weighted by Gasteiger charge is 2.78. The normalized spacial score (nSPS) is 44.0. The van der Waals surface area contributed by atoms with Gasteiger partial charge in [-0.2, -0.15) is 0 Å². The largest absolute Gasteiger partial charge is 0.509 e. The molecule has 0 bridgehead atoms. The van der Waals surface area contributed by atoms with Gasteiger partial charge in [-0.25, -0.2) is 14.0 Å². The van der Waals surface area contributed by atoms with Gasteiger partial charge in [0.2, 0.25) is 5.60 Å². The van der Waals surface area contributed by atoms with Gasteiger partial charge in [0.15, 0.2) is 17.5 Å². The number of carbonyl (C=O) groups excluding carboxylic acids is 3. The summed E-state index contributed by atoms with van der Waals surface area (Å²) in [5.41, 5.74) is -5.48. The van der Waals surface area contributed by atoms with Gasteiger partial charge < -0.3 is 19.3 Å². The first-order chi connectivity index (χ1) is 16.4. The molecule has 8 atom stereocenters. The highest BCUT2D eigenvalue weighted by Crippen LogP contribution is 2.71. The van der Waals surface area contributed by atoms with Crippen LogP contribution in [0, 0.1) is 28.6 Å². The topological polar surface area (TPSA) is 99.1 Å². The van der Waals surface area contributed by atoms with Crippen LogP contribution in [0.1, 0.15) is 59.8 Å². The molecule has 0 aromatic carbocycles. The third kappa shape index (κ3) is 3.42. The van der Waals surface area contributed by atoms with Gasteiger partial charge in [-0.15, -0.1) is 0 Å². The highest BCUT2D eigenvalue weighted by atomic mass is 35.5. The summed E-state index contributed by atoms with van der Waals surface area (Å²) in [5.74, 6) is -2.59. The van der Waals surface area contributed by atoms with Crippen LogP contribution in [0.3, 0.4) is 0 Å². The fraction of sp³-hybridized carbons (Fsp3) is 0.731. The Hall–Kier alpha value is -1.93. The summed E-state index contributed by atoms with van der Waals surface area (Å²) >= 11 is 5.73. The minimum absolute atomic E-state index is 0.116. The summed E-state index contributed by atoms with van der Waals surface area (Å²) in [4.78, 5) is 38.1. The van der Waals surface area contributed by atoms with Crippen LogP contribution in [-0.2, 0) is 23.8 Å². The van der Waals surface area contributed by atoms with Crippen LogP contribution in [0.2, 0.25) is 0 Å². The number of aliphatic hydroxyl groups is 1. The zero-order valence-corrected chi connectivity index (χ0v) is 21.4. The molecule has 7 nitrogen and oxygen atoms in total. The molecule has 0 aromatic heterocycles. The molecule has 0 aliphatic heterocycles. The number of rotatable bonds is 5. The van der Waals surface area contributed by atoms with Crippen LogP contribution in [0.5, 0.6) is 0 Å². The molecule has 4 aliphatic rings. The maximum absolute atomic E-state index is 17.3. The lowest BCUT2D eigenvalue weighted by Crippen LogP contribution is -2.70. The summed E-state index contributed by atoms with van der Waals surface area (Å²) in [6.45, 7) is 7.21. The molecular formula is C26H34ClFO7. The fourth-order valence-corrected chi connectivity index (χ4v) is 7.83. The zero-order valence-electron chi connectivity index (χ0n) is 20.6. The lowest BCUT2D eigenvalue weighted by atomic mass is 9.44. The van der Waals surface area contributed by atoms with E-state index in [1.54, 1.807) is 26.8 Å². The Balaban J connectivity index is 1.80. The van der Waals surface area contributed by atoms with E-state index in [2.05, 4.69) is 0 Å². The molecule has 0 saturated heterocycles. The van der Waals surface area contributed by atoms with Crippen LogP contribution in [0.15, 0.2) is 23.8 Å². The average molecular weight is 513 g/mol. The molecule has 9 heteroatoms. The zero-order chi connectivity index (χ0) is 25.8. The Morgan fingerprint density at radius 1 is 1.26 bits per heavy atom. The Bertz CT molecular complexity index is 981. The summed E-state index contributed by atoms with van der Waals surface area (Å²) in [7, 11) is 0. The van der Waals surface area contributed by atoms with Crippen molar-refractivity contribution in [3.63, 3.8) is 0 Å². The quantitative estimate of drug-likeness (QED) is 0.423. The van der Waals surface area contributed by atoms with E-state index < -0.39 is 64.1 Å². The van der Waals surface area contributed by atoms with Gasteiger partial charge in [0.05, 0.1) is 12.7 Å². The Labute approximate surface area is 210 Å². The number of ether oxygens (including phenoxy) is 3. The second-order valence-corrected chi connectivity index (χ2v) is 11.1. The first kappa shape index (κ1) is 26.1. The number of halogens is 2. The smallest absolute Gasteiger partial charge is 0.446 e. The van der Waals surface area contributed by atoms with E-state index >= 15 is 4.39 Å². The highest BCUT2D eigenvalue weighted by molar-refractivity contribution is 6.17. The first-order valence-corrected chi connectivity index (χ1v) is 12.9. The van der Waals surface area contributed by atoms with Crippen molar-refractivity contribution in [2.45, 2.75) is 77.2 Å². The number of allylic oxidation sites excluding steroid dienone is 4. The van der Waals surface area contributed by atoms with Crippen LogP contribution in [0.4, 0.5) is 9.18 Å². The third-order valence-corrected chi connectivity index (χ3v) is 9.45. The SMILES string of the molecule is CCCOC(=O)O[C@]1(C(=O)OCCl)[C@@H](C)C[C@H]2[C@@H]3CCC4=CC(=O)C=C[C@]4(C)[C@@]3(F)[C@@H](O)C[C@@]21C. The van der Waals surface area contributed by atoms with E-state index in [0.717, 1.165) is 0 Å². The summed E-state index contributed by atoms with van der Waals surface area (Å²) < 4.78 is 33.4. The molecule has 0 spiro atoms. The van der Waals surface area contributed by atoms with Crippen molar-refractivity contribution in [2.24, 2.45) is 28.6 Å². The van der Waals surface area contributed by atoms with E-state index in [1.165, 1.54) is 12.2 Å². The van der Waals surface area contributed by atoms with Crippen molar-refractivity contribution in [1.29, 1.82) is 0 Å². The van der Waals surface area contributed by atoms with Crippen molar-refractivity contribution in [2.75, 3.05) is 12.7 Å². The Morgan fingerprint density at radius 2 is 1.97 bits per heavy atom. The third-order valence-electron chi connectivity index (χ3n) is 9.34. The van der Waals surface area contributed by atoms with Crippen LogP contribution in [-0.4, -0.2) is 53.1 Å². The van der Waals surface area contributed by atoms with Gasteiger partial charge in [0, 0.05) is 22.7 Å². The van der Waals surface area contributed by atoms with Crippen LogP contribution >= 0.6 is 11.6 Å². The predicted octanol–water partition coefficient (Wildman–Crippen LogP) is 4.64. The minimum atomic E-state index is -2.06. The minimum Gasteiger partial charge on any atom is -0.446 e. The van der Waals surface area contributed by atoms with Gasteiger partial charge in [0.1, 0.15) is 0 Å². The van der Waals surface area contributed by atoms with Gasteiger partial charge in [-0.3, -0.25) is 4.79 Å². The number of carbonyl (C=O) groups is 3. The first-order valence-electron chi connectivity index (χ1n) is 12.3. The number of hydrogen-bond acceptors (Lipinski definition) is 7. The molecule has 3 fully saturated rings. The van der Waals surface area contributed by atoms with Gasteiger partial charge in [0.25, 0.3) is 0 Å². The number of fused-ring (bicyclic) bond motifs is 5. The summed E-state index contributed by atoms with van der Waals surface area (Å²) in [6, 6.07) is -0.439. The van der Waals surface area contributed by atoms with Crippen molar-refractivity contribution >= 4 is 29.5 Å². The van der Waals surface area contributed by atoms with Gasteiger partial charge >= 0.3 is 12.1 Å². The second kappa shape index (κ2) is 8.87. The lowest BCUT2D eigenvalue weighted by Gasteiger charge is -2.62. The summed E-state index contributed by atoms with van der Waals surface area (Å²) in [5, 5.41) is 11.5. The van der Waals surface area contributed by atoms with E-state index in [0.29, 0.717) is 31.3 Å². The number of hydrogen-bond donors (Lipinski definition) is 1. The molecule has 0 aromatic rings. The van der Waals surface area contributed by atoms with Gasteiger partial charge in [-0.05, 0) is 57.1 Å². The van der Waals surface area contributed by atoms with E-state index in [-0.39, 0.29) is 18.8 Å². The van der Waals surface area contributed by atoms with E-state index in [4.69, 9.17) is 25.8 Å². The van der Waals surface area contributed by atoms with Crippen molar-refractivity contribution in [3.05, 3.63) is 23.8 Å². The van der Waals surface area contributed by atoms with Crippen molar-refractivity contribution in [1.82, 2.24) is 0 Å². The van der Waals surface area contributed by atoms with Crippen LogP contribution in [0.25, 0.3) is 0 Å². The van der Waals surface area contributed by atoms with E-state index in [9.17, 15) is 19.5 Å². The van der Waals surface area contributed by atoms with Crippen molar-refractivity contribution in [3.8, 4) is 0 Å². The van der Waals surface area contributed by atoms with Crippen LogP contribution < -0.4 is 0 Å². The molecule has 0 radical (unpaired) electrons. The average Bonchev–Trinajstić information content (AvgIpc) is 3.01. The monoisotopic (exact) mass is 512 g/mol. The number of ketones is 1. The molecule has 0 amide bonds. The lowest BCUT2D eigenvalue weighted by molar-refractivity contribution is -0.229. The fourth-order valence-electron chi connectivity index (χ4n) is 7.73. The predicted molar refractivity (Wildman–Crippen MR) is 125 cm³/mol. The number of esters is 1. The molecular weight excluding hydrogens is 479 g/mol. The molecule has 4 rings (SSSR count). The second-order valence-electron chi connectivity index (χ2n) is 10.9. The van der Waals surface area contributed by atoms with Gasteiger partial charge in [-0.1, -0.05) is 44.0 Å². The molecule has 3 saturated carbocycles. The summed E-state index contributed by atoms with van der Waals surface area (Å²) in [6.07, 6.45) is 3.63. The van der Waals surface area contributed by atoms with E-state index in [1.807, 2.05) is 6.92 Å². The maximum Gasteiger partial charge on any atom is 0.509 e. The molecule has 0 heterocycles. The standard InChI is InChI=1S/C26H34ClFO7/c1-5-10-33-22(32)35-26(21(31)34-14-27)15(2)11-19-18-7-6-16-12-17(29)8-9-23(16,3)25(18,28)20(30)13-24(19,26)4/h8-9,12,15,18-20,30H,5-7,10-11,13-14H2,1-4H3/t15-,18-,19-,20-,23-,24-,25-,26-/m0/s1.